The van der Waals surface area contributed by atoms with E-state index in [1.807, 2.05) is 36.4 Å². The molecule has 1 aliphatic heterocycles. The standard InChI is InChI=1S/C24H19ClFN5O2/c25-20-14-17(26)6-7-18(20)23(32)29-10-12-30(13-11-29)24(33)19-15-28-31-21(8-9-27-22(19)31)16-4-2-1-3-5-16/h1-9,14-15H,10-13H2. The van der Waals surface area contributed by atoms with Gasteiger partial charge >= 0.3 is 0 Å². The van der Waals surface area contributed by atoms with Gasteiger partial charge < -0.3 is 9.80 Å². The molecule has 1 fully saturated rings. The van der Waals surface area contributed by atoms with E-state index >= 15 is 0 Å². The number of piperazine rings is 1. The number of amides is 2. The van der Waals surface area contributed by atoms with E-state index in [0.29, 0.717) is 37.4 Å². The Morgan fingerprint density at radius 3 is 2.21 bits per heavy atom. The number of halogens is 2. The average molecular weight is 464 g/mol. The normalized spacial score (nSPS) is 14.0. The molecule has 166 valence electrons. The van der Waals surface area contributed by atoms with Gasteiger partial charge in [0.25, 0.3) is 11.8 Å². The SMILES string of the molecule is O=C(c1ccc(F)cc1Cl)N1CCN(C(=O)c2cnn3c(-c4ccccc4)ccnc23)CC1. The van der Waals surface area contributed by atoms with Crippen LogP contribution in [0, 0.1) is 5.82 Å². The third-order valence-electron chi connectivity index (χ3n) is 5.72. The van der Waals surface area contributed by atoms with Crippen LogP contribution < -0.4 is 0 Å². The van der Waals surface area contributed by atoms with Crippen LogP contribution in [0.1, 0.15) is 20.7 Å². The minimum atomic E-state index is -0.496. The van der Waals surface area contributed by atoms with E-state index in [0.717, 1.165) is 17.3 Å². The highest BCUT2D eigenvalue weighted by atomic mass is 35.5. The second-order valence-electron chi connectivity index (χ2n) is 7.70. The zero-order chi connectivity index (χ0) is 22.9. The molecule has 5 rings (SSSR count). The van der Waals surface area contributed by atoms with Crippen LogP contribution in [-0.2, 0) is 0 Å². The molecule has 0 bridgehead atoms. The van der Waals surface area contributed by atoms with Crippen LogP contribution in [0.2, 0.25) is 5.02 Å². The Kier molecular flexibility index (Phi) is 5.51. The van der Waals surface area contributed by atoms with Crippen LogP contribution >= 0.6 is 11.6 Å². The Morgan fingerprint density at radius 2 is 1.55 bits per heavy atom. The molecule has 33 heavy (non-hydrogen) atoms. The van der Waals surface area contributed by atoms with Crippen LogP contribution in [0.25, 0.3) is 16.9 Å². The number of carbonyl (C=O) groups is 2. The third-order valence-corrected chi connectivity index (χ3v) is 6.03. The fourth-order valence-corrected chi connectivity index (χ4v) is 4.23. The lowest BCUT2D eigenvalue weighted by molar-refractivity contribution is 0.0536. The smallest absolute Gasteiger partial charge is 0.259 e. The van der Waals surface area contributed by atoms with Crippen molar-refractivity contribution in [3.8, 4) is 11.3 Å². The largest absolute Gasteiger partial charge is 0.335 e. The van der Waals surface area contributed by atoms with Crippen LogP contribution in [0.5, 0.6) is 0 Å². The Morgan fingerprint density at radius 1 is 0.879 bits per heavy atom. The lowest BCUT2D eigenvalue weighted by Gasteiger charge is -2.34. The summed E-state index contributed by atoms with van der Waals surface area (Å²) in [5.74, 6) is -0.962. The topological polar surface area (TPSA) is 70.8 Å². The van der Waals surface area contributed by atoms with Gasteiger partial charge in [0.2, 0.25) is 0 Å². The predicted molar refractivity (Wildman–Crippen MR) is 122 cm³/mol. The molecule has 3 heterocycles. The predicted octanol–water partition coefficient (Wildman–Crippen LogP) is 3.79. The molecule has 9 heteroatoms. The second kappa shape index (κ2) is 8.63. The van der Waals surface area contributed by atoms with Crippen molar-refractivity contribution in [2.45, 2.75) is 0 Å². The highest BCUT2D eigenvalue weighted by Gasteiger charge is 2.28. The Hall–Kier alpha value is -3.78. The van der Waals surface area contributed by atoms with Gasteiger partial charge in [0, 0.05) is 37.9 Å². The van der Waals surface area contributed by atoms with E-state index in [1.54, 1.807) is 20.5 Å². The van der Waals surface area contributed by atoms with Crippen LogP contribution in [0.15, 0.2) is 67.0 Å². The van der Waals surface area contributed by atoms with Gasteiger partial charge in [-0.3, -0.25) is 9.59 Å². The Labute approximate surface area is 194 Å². The first-order valence-electron chi connectivity index (χ1n) is 10.4. The van der Waals surface area contributed by atoms with Crippen molar-refractivity contribution in [3.05, 3.63) is 89.0 Å². The first-order valence-corrected chi connectivity index (χ1v) is 10.8. The zero-order valence-electron chi connectivity index (χ0n) is 17.5. The molecule has 0 aliphatic carbocycles. The molecule has 7 nitrogen and oxygen atoms in total. The lowest BCUT2D eigenvalue weighted by atomic mass is 10.1. The summed E-state index contributed by atoms with van der Waals surface area (Å²) in [5, 5.41) is 4.48. The van der Waals surface area contributed by atoms with Crippen LogP contribution in [0.3, 0.4) is 0 Å². The summed E-state index contributed by atoms with van der Waals surface area (Å²) in [7, 11) is 0. The molecule has 4 aromatic rings. The van der Waals surface area contributed by atoms with Gasteiger partial charge in [-0.2, -0.15) is 5.10 Å². The number of benzene rings is 2. The number of carbonyl (C=O) groups excluding carboxylic acids is 2. The molecule has 0 N–H and O–H groups in total. The molecule has 0 saturated carbocycles. The average Bonchev–Trinajstić information content (AvgIpc) is 3.28. The monoisotopic (exact) mass is 463 g/mol. The summed E-state index contributed by atoms with van der Waals surface area (Å²) in [6.07, 6.45) is 3.20. The molecule has 0 spiro atoms. The summed E-state index contributed by atoms with van der Waals surface area (Å²) < 4.78 is 15.0. The molecule has 1 saturated heterocycles. The van der Waals surface area contributed by atoms with Gasteiger partial charge in [0.1, 0.15) is 11.4 Å². The summed E-state index contributed by atoms with van der Waals surface area (Å²) in [5.41, 5.74) is 2.95. The number of hydrogen-bond donors (Lipinski definition) is 0. The highest BCUT2D eigenvalue weighted by Crippen LogP contribution is 2.23. The molecule has 0 unspecified atom stereocenters. The van der Waals surface area contributed by atoms with Crippen molar-refractivity contribution in [2.75, 3.05) is 26.2 Å². The molecular formula is C24H19ClFN5O2. The molecular weight excluding hydrogens is 445 g/mol. The first-order chi connectivity index (χ1) is 16.0. The third kappa shape index (κ3) is 3.93. The molecule has 0 atom stereocenters. The molecule has 0 radical (unpaired) electrons. The van der Waals surface area contributed by atoms with Gasteiger partial charge in [0.15, 0.2) is 5.65 Å². The first kappa shape index (κ1) is 21.1. The summed E-state index contributed by atoms with van der Waals surface area (Å²) in [6, 6.07) is 15.3. The van der Waals surface area contributed by atoms with Crippen molar-refractivity contribution in [3.63, 3.8) is 0 Å². The number of hydrogen-bond acceptors (Lipinski definition) is 4. The Bertz CT molecular complexity index is 1350. The second-order valence-corrected chi connectivity index (χ2v) is 8.11. The number of fused-ring (bicyclic) bond motifs is 1. The maximum absolute atomic E-state index is 13.3. The van der Waals surface area contributed by atoms with Gasteiger partial charge in [0.05, 0.1) is 22.5 Å². The van der Waals surface area contributed by atoms with E-state index in [1.165, 1.54) is 18.3 Å². The highest BCUT2D eigenvalue weighted by molar-refractivity contribution is 6.33. The van der Waals surface area contributed by atoms with Crippen molar-refractivity contribution >= 4 is 29.1 Å². The lowest BCUT2D eigenvalue weighted by Crippen LogP contribution is -2.50. The van der Waals surface area contributed by atoms with Gasteiger partial charge in [-0.1, -0.05) is 41.9 Å². The van der Waals surface area contributed by atoms with Crippen LogP contribution in [0.4, 0.5) is 4.39 Å². The number of rotatable bonds is 3. The Balaban J connectivity index is 1.33. The minimum absolute atomic E-state index is 0.0742. The maximum atomic E-state index is 13.3. The van der Waals surface area contributed by atoms with E-state index in [2.05, 4.69) is 10.1 Å². The molecule has 1 aliphatic rings. The quantitative estimate of drug-likeness (QED) is 0.463. The summed E-state index contributed by atoms with van der Waals surface area (Å²) in [4.78, 5) is 33.7. The molecule has 2 aromatic heterocycles. The van der Waals surface area contributed by atoms with Gasteiger partial charge in [-0.25, -0.2) is 13.9 Å². The van der Waals surface area contributed by atoms with E-state index in [-0.39, 0.29) is 22.4 Å². The van der Waals surface area contributed by atoms with Crippen molar-refractivity contribution in [1.29, 1.82) is 0 Å². The van der Waals surface area contributed by atoms with Gasteiger partial charge in [-0.15, -0.1) is 0 Å². The fourth-order valence-electron chi connectivity index (χ4n) is 3.99. The van der Waals surface area contributed by atoms with Crippen molar-refractivity contribution < 1.29 is 14.0 Å². The molecule has 2 aromatic carbocycles. The summed E-state index contributed by atoms with van der Waals surface area (Å²) >= 11 is 6.03. The number of aromatic nitrogens is 3. The maximum Gasteiger partial charge on any atom is 0.259 e. The number of nitrogens with zero attached hydrogens (tertiary/aromatic N) is 5. The molecule has 2 amide bonds. The van der Waals surface area contributed by atoms with Gasteiger partial charge in [-0.05, 0) is 24.3 Å². The van der Waals surface area contributed by atoms with Crippen molar-refractivity contribution in [2.24, 2.45) is 0 Å². The fraction of sp³-hybridized carbons (Fsp3) is 0.167. The van der Waals surface area contributed by atoms with E-state index in [4.69, 9.17) is 11.6 Å². The van der Waals surface area contributed by atoms with Crippen molar-refractivity contribution in [1.82, 2.24) is 24.4 Å². The summed E-state index contributed by atoms with van der Waals surface area (Å²) in [6.45, 7) is 1.42. The zero-order valence-corrected chi connectivity index (χ0v) is 18.2. The van der Waals surface area contributed by atoms with E-state index < -0.39 is 5.82 Å². The van der Waals surface area contributed by atoms with Crippen LogP contribution in [-0.4, -0.2) is 62.4 Å². The minimum Gasteiger partial charge on any atom is -0.335 e. The van der Waals surface area contributed by atoms with E-state index in [9.17, 15) is 14.0 Å².